The van der Waals surface area contributed by atoms with Gasteiger partial charge in [-0.1, -0.05) is 19.4 Å². The van der Waals surface area contributed by atoms with Crippen LogP contribution in [0.1, 0.15) is 43.3 Å². The molecular weight excluding hydrogens is 428 g/mol. The maximum absolute atomic E-state index is 11.1. The molecule has 1 saturated heterocycles. The molecule has 0 spiro atoms. The topological polar surface area (TPSA) is 93.7 Å². The van der Waals surface area contributed by atoms with Crippen molar-refractivity contribution in [3.8, 4) is 17.1 Å². The van der Waals surface area contributed by atoms with Crippen molar-refractivity contribution in [2.75, 3.05) is 13.7 Å². The zero-order valence-electron chi connectivity index (χ0n) is 17.9. The minimum Gasteiger partial charge on any atom is -0.496 e. The summed E-state index contributed by atoms with van der Waals surface area (Å²) in [6, 6.07) is 13.7. The van der Waals surface area contributed by atoms with Gasteiger partial charge >= 0.3 is 0 Å². The summed E-state index contributed by atoms with van der Waals surface area (Å²) < 4.78 is 11.7. The Morgan fingerprint density at radius 3 is 2.81 bits per heavy atom. The van der Waals surface area contributed by atoms with Crippen LogP contribution in [0.2, 0.25) is 0 Å². The lowest BCUT2D eigenvalue weighted by Crippen LogP contribution is -2.30. The second-order valence-electron chi connectivity index (χ2n) is 7.52. The minimum absolute atomic E-state index is 0.0383. The quantitative estimate of drug-likeness (QED) is 0.289. The SMILES string of the molecule is CCCCN1C(=S)N[C@@H](c2ccccn2)[C@@H]1c1ccc(-c2ccc([N+](=O)[O-])cc2OC)o1. The molecule has 166 valence electrons. The fourth-order valence-corrected chi connectivity index (χ4v) is 4.27. The second kappa shape index (κ2) is 9.35. The largest absolute Gasteiger partial charge is 0.496 e. The number of non-ortho nitro benzene ring substituents is 1. The first-order chi connectivity index (χ1) is 15.5. The van der Waals surface area contributed by atoms with Gasteiger partial charge in [0.15, 0.2) is 5.11 Å². The normalized spacial score (nSPS) is 17.9. The average Bonchev–Trinajstić information content (AvgIpc) is 3.42. The molecule has 1 aliphatic heterocycles. The van der Waals surface area contributed by atoms with Gasteiger partial charge in [-0.25, -0.2) is 0 Å². The highest BCUT2D eigenvalue weighted by Gasteiger charge is 2.41. The van der Waals surface area contributed by atoms with Gasteiger partial charge < -0.3 is 19.4 Å². The van der Waals surface area contributed by atoms with Crippen molar-refractivity contribution in [1.82, 2.24) is 15.2 Å². The molecule has 1 N–H and O–H groups in total. The van der Waals surface area contributed by atoms with Gasteiger partial charge in [0.05, 0.1) is 35.4 Å². The van der Waals surface area contributed by atoms with Crippen molar-refractivity contribution >= 4 is 23.0 Å². The molecule has 32 heavy (non-hydrogen) atoms. The number of nitrogens with one attached hydrogen (secondary N) is 1. The molecule has 0 amide bonds. The van der Waals surface area contributed by atoms with Crippen molar-refractivity contribution < 1.29 is 14.1 Å². The molecule has 2 aromatic heterocycles. The van der Waals surface area contributed by atoms with E-state index in [9.17, 15) is 10.1 Å². The Morgan fingerprint density at radius 1 is 1.28 bits per heavy atom. The molecule has 3 heterocycles. The fourth-order valence-electron chi connectivity index (χ4n) is 3.94. The Bertz CT molecular complexity index is 1120. The summed E-state index contributed by atoms with van der Waals surface area (Å²) in [4.78, 5) is 17.3. The molecule has 0 bridgehead atoms. The molecule has 1 fully saturated rings. The molecule has 4 rings (SSSR count). The first kappa shape index (κ1) is 21.8. The monoisotopic (exact) mass is 452 g/mol. The van der Waals surface area contributed by atoms with Crippen LogP contribution in [0.4, 0.5) is 5.69 Å². The first-order valence-corrected chi connectivity index (χ1v) is 10.8. The molecular formula is C23H24N4O4S. The molecule has 1 aliphatic rings. The van der Waals surface area contributed by atoms with E-state index >= 15 is 0 Å². The Hall–Kier alpha value is -3.46. The lowest BCUT2D eigenvalue weighted by Gasteiger charge is -2.25. The van der Waals surface area contributed by atoms with Crippen LogP contribution < -0.4 is 10.1 Å². The number of nitrogens with zero attached hydrogens (tertiary/aromatic N) is 3. The van der Waals surface area contributed by atoms with E-state index in [1.54, 1.807) is 12.3 Å². The van der Waals surface area contributed by atoms with Gasteiger partial charge in [-0.05, 0) is 49.0 Å². The Labute approximate surface area is 191 Å². The zero-order valence-corrected chi connectivity index (χ0v) is 18.7. The summed E-state index contributed by atoms with van der Waals surface area (Å²) in [5, 5.41) is 15.2. The average molecular weight is 453 g/mol. The number of hydrogen-bond donors (Lipinski definition) is 1. The minimum atomic E-state index is -0.450. The third-order valence-corrected chi connectivity index (χ3v) is 5.88. The Balaban J connectivity index is 1.72. The van der Waals surface area contributed by atoms with Crippen LogP contribution in [-0.2, 0) is 0 Å². The number of rotatable bonds is 8. The number of hydrogen-bond acceptors (Lipinski definition) is 6. The molecule has 0 unspecified atom stereocenters. The van der Waals surface area contributed by atoms with Crippen molar-refractivity contribution in [2.45, 2.75) is 31.8 Å². The van der Waals surface area contributed by atoms with Crippen LogP contribution in [0.5, 0.6) is 5.75 Å². The highest BCUT2D eigenvalue weighted by Crippen LogP contribution is 2.42. The fraction of sp³-hybridized carbons (Fsp3) is 0.304. The maximum Gasteiger partial charge on any atom is 0.273 e. The third-order valence-electron chi connectivity index (χ3n) is 5.53. The molecule has 0 radical (unpaired) electrons. The van der Waals surface area contributed by atoms with Crippen LogP contribution in [0.25, 0.3) is 11.3 Å². The van der Waals surface area contributed by atoms with E-state index in [1.165, 1.54) is 19.2 Å². The number of unbranched alkanes of at least 4 members (excludes halogenated alkanes) is 1. The summed E-state index contributed by atoms with van der Waals surface area (Å²) in [7, 11) is 1.48. The van der Waals surface area contributed by atoms with Crippen molar-refractivity contribution in [3.05, 3.63) is 76.3 Å². The number of methoxy groups -OCH3 is 1. The molecule has 9 heteroatoms. The van der Waals surface area contributed by atoms with Crippen molar-refractivity contribution in [2.24, 2.45) is 0 Å². The van der Waals surface area contributed by atoms with Gasteiger partial charge in [-0.2, -0.15) is 0 Å². The van der Waals surface area contributed by atoms with Gasteiger partial charge in [-0.15, -0.1) is 0 Å². The van der Waals surface area contributed by atoms with Crippen molar-refractivity contribution in [1.29, 1.82) is 0 Å². The highest BCUT2D eigenvalue weighted by molar-refractivity contribution is 7.80. The first-order valence-electron chi connectivity index (χ1n) is 10.4. The van der Waals surface area contributed by atoms with E-state index in [1.807, 2.05) is 30.3 Å². The molecule has 0 saturated carbocycles. The summed E-state index contributed by atoms with van der Waals surface area (Å²) in [5.41, 5.74) is 1.49. The molecule has 0 aliphatic carbocycles. The molecule has 8 nitrogen and oxygen atoms in total. The van der Waals surface area contributed by atoms with Crippen molar-refractivity contribution in [3.63, 3.8) is 0 Å². The highest BCUT2D eigenvalue weighted by atomic mass is 32.1. The summed E-state index contributed by atoms with van der Waals surface area (Å²) in [5.74, 6) is 1.68. The number of nitro benzene ring substituents is 1. The molecule has 3 aromatic rings. The summed E-state index contributed by atoms with van der Waals surface area (Å²) >= 11 is 5.65. The third kappa shape index (κ3) is 4.16. The van der Waals surface area contributed by atoms with Crippen LogP contribution >= 0.6 is 12.2 Å². The smallest absolute Gasteiger partial charge is 0.273 e. The number of thiocarbonyl (C=S) groups is 1. The van der Waals surface area contributed by atoms with E-state index in [0.29, 0.717) is 22.2 Å². The van der Waals surface area contributed by atoms with Gasteiger partial charge in [0.1, 0.15) is 23.3 Å². The van der Waals surface area contributed by atoms with Gasteiger partial charge in [-0.3, -0.25) is 15.1 Å². The van der Waals surface area contributed by atoms with Crippen LogP contribution in [0.3, 0.4) is 0 Å². The number of nitro groups is 1. The summed E-state index contributed by atoms with van der Waals surface area (Å²) in [6.07, 6.45) is 3.81. The number of benzene rings is 1. The molecule has 1 aromatic carbocycles. The predicted molar refractivity (Wildman–Crippen MR) is 124 cm³/mol. The zero-order chi connectivity index (χ0) is 22.7. The molecule has 2 atom stereocenters. The number of aromatic nitrogens is 1. The van der Waals surface area contributed by atoms with Crippen LogP contribution in [0.15, 0.2) is 59.1 Å². The standard InChI is InChI=1S/C23H24N4O4S/c1-3-4-13-26-22(21(25-23(26)32)17-7-5-6-12-24-17)19-11-10-18(31-19)16-9-8-15(27(28)29)14-20(16)30-2/h5-12,14,21-22H,3-4,13H2,1-2H3,(H,25,32)/t21-,22-/m0/s1. The van der Waals surface area contributed by atoms with Gasteiger partial charge in [0.2, 0.25) is 0 Å². The summed E-state index contributed by atoms with van der Waals surface area (Å²) in [6.45, 7) is 2.94. The van der Waals surface area contributed by atoms with Gasteiger partial charge in [0.25, 0.3) is 5.69 Å². The van der Waals surface area contributed by atoms with Crippen LogP contribution in [0, 0.1) is 10.1 Å². The lowest BCUT2D eigenvalue weighted by atomic mass is 10.0. The van der Waals surface area contributed by atoms with E-state index in [2.05, 4.69) is 22.1 Å². The number of furan rings is 1. The van der Waals surface area contributed by atoms with E-state index < -0.39 is 4.92 Å². The van der Waals surface area contributed by atoms with E-state index in [4.69, 9.17) is 21.4 Å². The number of ether oxygens (including phenoxy) is 1. The predicted octanol–water partition coefficient (Wildman–Crippen LogP) is 5.03. The van der Waals surface area contributed by atoms with E-state index in [0.717, 1.165) is 30.8 Å². The maximum atomic E-state index is 11.1. The Morgan fingerprint density at radius 2 is 2.12 bits per heavy atom. The Kier molecular flexibility index (Phi) is 6.36. The second-order valence-corrected chi connectivity index (χ2v) is 7.90. The lowest BCUT2D eigenvalue weighted by molar-refractivity contribution is -0.384. The van der Waals surface area contributed by atoms with Crippen LogP contribution in [-0.4, -0.2) is 33.6 Å². The number of pyridine rings is 1. The van der Waals surface area contributed by atoms with E-state index in [-0.39, 0.29) is 17.8 Å². The van der Waals surface area contributed by atoms with Gasteiger partial charge in [0, 0.05) is 18.8 Å².